The van der Waals surface area contributed by atoms with E-state index in [2.05, 4.69) is 21.6 Å². The van der Waals surface area contributed by atoms with E-state index in [9.17, 15) is 5.11 Å². The molecule has 0 saturated heterocycles. The summed E-state index contributed by atoms with van der Waals surface area (Å²) < 4.78 is 5.66. The molecule has 0 aromatic carbocycles. The first kappa shape index (κ1) is 12.2. The van der Waals surface area contributed by atoms with Gasteiger partial charge in [-0.25, -0.2) is 0 Å². The van der Waals surface area contributed by atoms with Crippen molar-refractivity contribution >= 4 is 11.5 Å². The van der Waals surface area contributed by atoms with Crippen molar-refractivity contribution in [3.05, 3.63) is 28.5 Å². The Morgan fingerprint density at radius 2 is 2.35 bits per heavy atom. The first-order valence-electron chi connectivity index (χ1n) is 5.67. The third-order valence-corrected chi connectivity index (χ3v) is 3.43. The lowest BCUT2D eigenvalue weighted by molar-refractivity contribution is 0.181. The lowest BCUT2D eigenvalue weighted by atomic mass is 10.1. The van der Waals surface area contributed by atoms with Crippen LogP contribution in [0.1, 0.15) is 35.6 Å². The Bertz CT molecular complexity index is 479. The Labute approximate surface area is 104 Å². The molecule has 1 atom stereocenters. The number of nitrogens with zero attached hydrogens (tertiary/aromatic N) is 4. The van der Waals surface area contributed by atoms with Gasteiger partial charge in [0.05, 0.1) is 22.9 Å². The van der Waals surface area contributed by atoms with Gasteiger partial charge in [-0.3, -0.25) is 4.68 Å². The van der Waals surface area contributed by atoms with Crippen molar-refractivity contribution in [3.63, 3.8) is 0 Å². The predicted molar refractivity (Wildman–Crippen MR) is 65.8 cm³/mol. The Balaban J connectivity index is 2.08. The molecule has 17 heavy (non-hydrogen) atoms. The summed E-state index contributed by atoms with van der Waals surface area (Å²) in [5.41, 5.74) is 1.95. The smallest absolute Gasteiger partial charge is 0.0958 e. The van der Waals surface area contributed by atoms with Crippen LogP contribution >= 0.6 is 11.5 Å². The zero-order valence-corrected chi connectivity index (χ0v) is 10.8. The standard InChI is InChI=1S/C11H16N4OS/c1-3-4-9-11(17-14-13-9)10(16)5-8-6-12-15(2)7-8/h6-7,10,16H,3-5H2,1-2H3. The molecule has 1 N–H and O–H groups in total. The summed E-state index contributed by atoms with van der Waals surface area (Å²) in [6.07, 6.45) is 5.61. The van der Waals surface area contributed by atoms with Crippen molar-refractivity contribution in [1.82, 2.24) is 19.4 Å². The molecule has 1 unspecified atom stereocenters. The minimum atomic E-state index is -0.527. The largest absolute Gasteiger partial charge is 0.387 e. The summed E-state index contributed by atoms with van der Waals surface area (Å²) in [6, 6.07) is 0. The Kier molecular flexibility index (Phi) is 3.86. The van der Waals surface area contributed by atoms with Crippen molar-refractivity contribution in [2.45, 2.75) is 32.3 Å². The highest BCUT2D eigenvalue weighted by Gasteiger charge is 2.17. The van der Waals surface area contributed by atoms with Gasteiger partial charge in [0.15, 0.2) is 0 Å². The molecule has 0 aliphatic carbocycles. The van der Waals surface area contributed by atoms with E-state index in [0.29, 0.717) is 6.42 Å². The molecule has 2 rings (SSSR count). The van der Waals surface area contributed by atoms with E-state index in [1.807, 2.05) is 13.2 Å². The number of aliphatic hydroxyl groups is 1. The van der Waals surface area contributed by atoms with E-state index < -0.39 is 6.10 Å². The van der Waals surface area contributed by atoms with E-state index in [-0.39, 0.29) is 0 Å². The fraction of sp³-hybridized carbons (Fsp3) is 0.545. The molecule has 0 bridgehead atoms. The van der Waals surface area contributed by atoms with Gasteiger partial charge in [-0.2, -0.15) is 5.10 Å². The molecule has 0 amide bonds. The van der Waals surface area contributed by atoms with Crippen LogP contribution in [-0.4, -0.2) is 24.5 Å². The van der Waals surface area contributed by atoms with Crippen molar-refractivity contribution in [1.29, 1.82) is 0 Å². The molecule has 0 radical (unpaired) electrons. The summed E-state index contributed by atoms with van der Waals surface area (Å²) in [7, 11) is 1.87. The van der Waals surface area contributed by atoms with Crippen LogP contribution in [-0.2, 0) is 19.9 Å². The molecule has 5 nitrogen and oxygen atoms in total. The topological polar surface area (TPSA) is 63.8 Å². The second kappa shape index (κ2) is 5.37. The molecule has 0 saturated carbocycles. The molecule has 2 heterocycles. The molecule has 2 aromatic heterocycles. The van der Waals surface area contributed by atoms with Gasteiger partial charge in [0.25, 0.3) is 0 Å². The van der Waals surface area contributed by atoms with Gasteiger partial charge in [-0.15, -0.1) is 5.10 Å². The van der Waals surface area contributed by atoms with Crippen molar-refractivity contribution < 1.29 is 5.11 Å². The molecule has 0 spiro atoms. The lowest BCUT2D eigenvalue weighted by Gasteiger charge is -2.07. The van der Waals surface area contributed by atoms with Crippen molar-refractivity contribution in [2.24, 2.45) is 7.05 Å². The summed E-state index contributed by atoms with van der Waals surface area (Å²) in [6.45, 7) is 2.09. The maximum Gasteiger partial charge on any atom is 0.0958 e. The molecule has 0 aliphatic heterocycles. The summed E-state index contributed by atoms with van der Waals surface area (Å²) in [5, 5.41) is 18.3. The number of aryl methyl sites for hydroxylation is 2. The fourth-order valence-electron chi connectivity index (χ4n) is 1.77. The average molecular weight is 252 g/mol. The van der Waals surface area contributed by atoms with Crippen LogP contribution < -0.4 is 0 Å². The van der Waals surface area contributed by atoms with E-state index in [1.54, 1.807) is 10.9 Å². The zero-order valence-electron chi connectivity index (χ0n) is 10.00. The molecular weight excluding hydrogens is 236 g/mol. The van der Waals surface area contributed by atoms with Crippen LogP contribution in [0.15, 0.2) is 12.4 Å². The Morgan fingerprint density at radius 3 is 3.00 bits per heavy atom. The van der Waals surface area contributed by atoms with Gasteiger partial charge in [0, 0.05) is 19.7 Å². The summed E-state index contributed by atoms with van der Waals surface area (Å²) in [4.78, 5) is 0.885. The minimum absolute atomic E-state index is 0.527. The third-order valence-electron chi connectivity index (χ3n) is 2.56. The average Bonchev–Trinajstić information content (AvgIpc) is 2.88. The van der Waals surface area contributed by atoms with Gasteiger partial charge in [0.2, 0.25) is 0 Å². The quantitative estimate of drug-likeness (QED) is 0.876. The normalized spacial score (nSPS) is 12.9. The van der Waals surface area contributed by atoms with Crippen LogP contribution in [0.25, 0.3) is 0 Å². The zero-order chi connectivity index (χ0) is 12.3. The van der Waals surface area contributed by atoms with Crippen LogP contribution in [0.5, 0.6) is 0 Å². The van der Waals surface area contributed by atoms with E-state index in [0.717, 1.165) is 29.0 Å². The molecule has 2 aromatic rings. The molecule has 6 heteroatoms. The molecular formula is C11H16N4OS. The number of hydrogen-bond acceptors (Lipinski definition) is 5. The van der Waals surface area contributed by atoms with Crippen LogP contribution in [0.4, 0.5) is 0 Å². The van der Waals surface area contributed by atoms with Crippen LogP contribution in [0.2, 0.25) is 0 Å². The number of aromatic nitrogens is 4. The molecule has 92 valence electrons. The highest BCUT2D eigenvalue weighted by Crippen LogP contribution is 2.24. The number of hydrogen-bond donors (Lipinski definition) is 1. The van der Waals surface area contributed by atoms with Crippen LogP contribution in [0, 0.1) is 0 Å². The highest BCUT2D eigenvalue weighted by molar-refractivity contribution is 7.05. The minimum Gasteiger partial charge on any atom is -0.387 e. The number of rotatable bonds is 5. The van der Waals surface area contributed by atoms with E-state index >= 15 is 0 Å². The predicted octanol–water partition coefficient (Wildman–Crippen LogP) is 1.50. The monoisotopic (exact) mass is 252 g/mol. The van der Waals surface area contributed by atoms with Crippen molar-refractivity contribution in [3.8, 4) is 0 Å². The maximum absolute atomic E-state index is 10.2. The summed E-state index contributed by atoms with van der Waals surface area (Å²) >= 11 is 1.29. The summed E-state index contributed by atoms with van der Waals surface area (Å²) in [5.74, 6) is 0. The second-order valence-electron chi connectivity index (χ2n) is 4.08. The van der Waals surface area contributed by atoms with Gasteiger partial charge in [0.1, 0.15) is 0 Å². The van der Waals surface area contributed by atoms with Gasteiger partial charge >= 0.3 is 0 Å². The van der Waals surface area contributed by atoms with Gasteiger partial charge < -0.3 is 5.11 Å². The van der Waals surface area contributed by atoms with Crippen LogP contribution in [0.3, 0.4) is 0 Å². The van der Waals surface area contributed by atoms with E-state index in [4.69, 9.17) is 0 Å². The fourth-order valence-corrected chi connectivity index (χ4v) is 2.45. The van der Waals surface area contributed by atoms with Gasteiger partial charge in [-0.05, 0) is 23.5 Å². The van der Waals surface area contributed by atoms with Crippen molar-refractivity contribution in [2.75, 3.05) is 0 Å². The first-order chi connectivity index (χ1) is 8.20. The molecule has 0 fully saturated rings. The molecule has 0 aliphatic rings. The number of aliphatic hydroxyl groups excluding tert-OH is 1. The Hall–Kier alpha value is -1.27. The third kappa shape index (κ3) is 2.89. The maximum atomic E-state index is 10.2. The lowest BCUT2D eigenvalue weighted by Crippen LogP contribution is -2.02. The second-order valence-corrected chi connectivity index (χ2v) is 4.86. The SMILES string of the molecule is CCCc1nnsc1C(O)Cc1cnn(C)c1. The van der Waals surface area contributed by atoms with Gasteiger partial charge in [-0.1, -0.05) is 17.8 Å². The van der Waals surface area contributed by atoms with E-state index in [1.165, 1.54) is 11.5 Å². The highest BCUT2D eigenvalue weighted by atomic mass is 32.1. The Morgan fingerprint density at radius 1 is 1.53 bits per heavy atom. The first-order valence-corrected chi connectivity index (χ1v) is 6.44.